The smallest absolute Gasteiger partial charge is 0.341 e. The predicted molar refractivity (Wildman–Crippen MR) is 133 cm³/mol. The topological polar surface area (TPSA) is 81.8 Å². The fourth-order valence-electron chi connectivity index (χ4n) is 3.86. The van der Waals surface area contributed by atoms with Gasteiger partial charge in [0.25, 0.3) is 0 Å². The molecule has 1 aliphatic carbocycles. The number of nitrogens with zero attached hydrogens (tertiary/aromatic N) is 1. The molecule has 0 bridgehead atoms. The highest BCUT2D eigenvalue weighted by Crippen LogP contribution is 2.46. The lowest BCUT2D eigenvalue weighted by Crippen LogP contribution is -2.09. The number of aliphatic carboxylic acids is 1. The van der Waals surface area contributed by atoms with E-state index in [-0.39, 0.29) is 13.2 Å². The van der Waals surface area contributed by atoms with Gasteiger partial charge in [0, 0.05) is 11.5 Å². The van der Waals surface area contributed by atoms with E-state index in [0.29, 0.717) is 38.7 Å². The number of carboxylic acid groups (broad SMARTS) is 1. The summed E-state index contributed by atoms with van der Waals surface area (Å²) in [6.45, 7) is -0.118. The molecule has 1 saturated carbocycles. The second-order valence-corrected chi connectivity index (χ2v) is 9.08. The lowest BCUT2D eigenvalue weighted by Gasteiger charge is -2.10. The van der Waals surface area contributed by atoms with Gasteiger partial charge >= 0.3 is 5.97 Å². The van der Waals surface area contributed by atoms with Crippen LogP contribution in [0.3, 0.4) is 0 Å². The average Bonchev–Trinajstić information content (AvgIpc) is 3.62. The van der Waals surface area contributed by atoms with Crippen molar-refractivity contribution in [2.75, 3.05) is 6.61 Å². The van der Waals surface area contributed by atoms with Crippen molar-refractivity contribution in [2.24, 2.45) is 0 Å². The van der Waals surface area contributed by atoms with Crippen LogP contribution in [0.1, 0.15) is 30.1 Å². The zero-order chi connectivity index (χ0) is 24.4. The maximum Gasteiger partial charge on any atom is 0.341 e. The van der Waals surface area contributed by atoms with E-state index in [2.05, 4.69) is 5.16 Å². The summed E-state index contributed by atoms with van der Waals surface area (Å²) in [5, 5.41) is 14.1. The number of rotatable bonds is 9. The van der Waals surface area contributed by atoms with Gasteiger partial charge in [0.2, 0.25) is 0 Å². The molecule has 0 saturated heterocycles. The Bertz CT molecular complexity index is 1340. The lowest BCUT2D eigenvalue weighted by atomic mass is 10.0. The highest BCUT2D eigenvalue weighted by molar-refractivity contribution is 6.39. The Kier molecular flexibility index (Phi) is 6.66. The summed E-state index contributed by atoms with van der Waals surface area (Å²) in [4.78, 5) is 10.7. The third kappa shape index (κ3) is 5.29. The number of aromatic nitrogens is 1. The molecule has 178 valence electrons. The zero-order valence-electron chi connectivity index (χ0n) is 18.5. The van der Waals surface area contributed by atoms with Crippen LogP contribution < -0.4 is 9.47 Å². The first-order chi connectivity index (χ1) is 17.0. The normalized spacial score (nSPS) is 13.0. The lowest BCUT2D eigenvalue weighted by molar-refractivity contribution is -0.139. The molecule has 1 aromatic heterocycles. The van der Waals surface area contributed by atoms with Gasteiger partial charge in [-0.15, -0.1) is 0 Å². The molecule has 0 atom stereocenters. The Morgan fingerprint density at radius 3 is 2.34 bits per heavy atom. The van der Waals surface area contributed by atoms with Gasteiger partial charge in [-0.25, -0.2) is 4.79 Å². The third-order valence-electron chi connectivity index (χ3n) is 5.73. The summed E-state index contributed by atoms with van der Waals surface area (Å²) in [6.07, 6.45) is 2.11. The Hall–Kier alpha value is -3.48. The van der Waals surface area contributed by atoms with Crippen molar-refractivity contribution in [3.63, 3.8) is 0 Å². The third-order valence-corrected chi connectivity index (χ3v) is 6.36. The first-order valence-corrected chi connectivity index (χ1v) is 11.9. The number of carboxylic acids is 1. The van der Waals surface area contributed by atoms with Crippen molar-refractivity contribution in [3.05, 3.63) is 88.1 Å². The van der Waals surface area contributed by atoms with Crippen molar-refractivity contribution in [2.45, 2.75) is 25.4 Å². The van der Waals surface area contributed by atoms with Gasteiger partial charge in [0.15, 0.2) is 6.61 Å². The minimum absolute atomic E-state index is 0.268. The molecule has 35 heavy (non-hydrogen) atoms. The Balaban J connectivity index is 1.34. The van der Waals surface area contributed by atoms with Crippen LogP contribution in [0.15, 0.2) is 71.3 Å². The van der Waals surface area contributed by atoms with Crippen molar-refractivity contribution < 1.29 is 23.9 Å². The van der Waals surface area contributed by atoms with Crippen LogP contribution in [0.25, 0.3) is 22.4 Å². The van der Waals surface area contributed by atoms with Crippen molar-refractivity contribution in [3.8, 4) is 33.9 Å². The molecule has 1 fully saturated rings. The fraction of sp³-hybridized carbons (Fsp3) is 0.185. The van der Waals surface area contributed by atoms with Gasteiger partial charge in [0.05, 0.1) is 15.6 Å². The van der Waals surface area contributed by atoms with E-state index < -0.39 is 5.97 Å². The number of ether oxygens (including phenoxy) is 2. The van der Waals surface area contributed by atoms with E-state index >= 15 is 0 Å². The van der Waals surface area contributed by atoms with E-state index in [0.717, 1.165) is 35.3 Å². The highest BCUT2D eigenvalue weighted by Gasteiger charge is 2.33. The molecule has 0 unspecified atom stereocenters. The van der Waals surface area contributed by atoms with Crippen LogP contribution in [0.4, 0.5) is 0 Å². The summed E-state index contributed by atoms with van der Waals surface area (Å²) in [5.74, 6) is 1.33. The SMILES string of the molecule is O=C(O)COc1cccc(-c2ccc(OCc3c(-c4c(Cl)cccc4Cl)noc3C3CC3)cc2)c1. The molecule has 6 nitrogen and oxygen atoms in total. The molecule has 0 aliphatic heterocycles. The standard InChI is InChI=1S/C27H21Cl2NO5/c28-22-5-2-6-23(29)25(22)26-21(27(35-30-26)17-7-8-17)14-33-19-11-9-16(10-12-19)18-3-1-4-20(13-18)34-15-24(31)32/h1-6,9-13,17H,7-8,14-15H2,(H,31,32). The summed E-state index contributed by atoms with van der Waals surface area (Å²) in [7, 11) is 0. The number of hydrogen-bond donors (Lipinski definition) is 1. The fourth-order valence-corrected chi connectivity index (χ4v) is 4.43. The van der Waals surface area contributed by atoms with E-state index in [9.17, 15) is 4.79 Å². The molecule has 1 aliphatic rings. The minimum atomic E-state index is -1.02. The minimum Gasteiger partial charge on any atom is -0.489 e. The van der Waals surface area contributed by atoms with Crippen molar-refractivity contribution in [1.29, 1.82) is 0 Å². The van der Waals surface area contributed by atoms with Crippen LogP contribution in [0.2, 0.25) is 10.0 Å². The van der Waals surface area contributed by atoms with Gasteiger partial charge in [-0.1, -0.05) is 58.7 Å². The van der Waals surface area contributed by atoms with Gasteiger partial charge in [-0.2, -0.15) is 0 Å². The van der Waals surface area contributed by atoms with Crippen molar-refractivity contribution >= 4 is 29.2 Å². The molecule has 4 aromatic rings. The molecular formula is C27H21Cl2NO5. The number of benzene rings is 3. The Morgan fingerprint density at radius 2 is 1.66 bits per heavy atom. The second kappa shape index (κ2) is 10.0. The first-order valence-electron chi connectivity index (χ1n) is 11.1. The molecule has 1 N–H and O–H groups in total. The van der Waals surface area contributed by atoms with E-state index in [1.807, 2.05) is 36.4 Å². The average molecular weight is 510 g/mol. The van der Waals surface area contributed by atoms with Gasteiger partial charge in [-0.05, 0) is 60.4 Å². The summed E-state index contributed by atoms with van der Waals surface area (Å²) in [5.41, 5.74) is 3.97. The molecule has 5 rings (SSSR count). The molecule has 0 spiro atoms. The van der Waals surface area contributed by atoms with Crippen LogP contribution >= 0.6 is 23.2 Å². The Labute approximate surface area is 212 Å². The summed E-state index contributed by atoms with van der Waals surface area (Å²) < 4.78 is 17.1. The molecule has 8 heteroatoms. The second-order valence-electron chi connectivity index (χ2n) is 8.27. The number of hydrogen-bond acceptors (Lipinski definition) is 5. The van der Waals surface area contributed by atoms with Crippen LogP contribution in [0, 0.1) is 0 Å². The first kappa shape index (κ1) is 23.3. The van der Waals surface area contributed by atoms with Crippen LogP contribution in [-0.4, -0.2) is 22.8 Å². The monoisotopic (exact) mass is 509 g/mol. The van der Waals surface area contributed by atoms with Crippen molar-refractivity contribution in [1.82, 2.24) is 5.16 Å². The Morgan fingerprint density at radius 1 is 0.943 bits per heavy atom. The van der Waals surface area contributed by atoms with E-state index in [1.165, 1.54) is 0 Å². The molecule has 1 heterocycles. The zero-order valence-corrected chi connectivity index (χ0v) is 20.1. The maximum absolute atomic E-state index is 10.7. The van der Waals surface area contributed by atoms with Gasteiger partial charge in [-0.3, -0.25) is 0 Å². The quantitative estimate of drug-likeness (QED) is 0.256. The highest BCUT2D eigenvalue weighted by atomic mass is 35.5. The largest absolute Gasteiger partial charge is 0.489 e. The van der Waals surface area contributed by atoms with Gasteiger partial charge < -0.3 is 19.1 Å². The van der Waals surface area contributed by atoms with E-state index in [4.69, 9.17) is 42.3 Å². The molecular weight excluding hydrogens is 489 g/mol. The van der Waals surface area contributed by atoms with Gasteiger partial charge in [0.1, 0.15) is 29.6 Å². The maximum atomic E-state index is 10.7. The summed E-state index contributed by atoms with van der Waals surface area (Å²) in [6, 6.07) is 20.3. The van der Waals surface area contributed by atoms with E-state index in [1.54, 1.807) is 30.3 Å². The predicted octanol–water partition coefficient (Wildman–Crippen LogP) is 7.24. The number of carbonyl (C=O) groups is 1. The molecule has 0 amide bonds. The molecule has 3 aromatic carbocycles. The summed E-state index contributed by atoms with van der Waals surface area (Å²) >= 11 is 12.9. The number of halogens is 2. The van der Waals surface area contributed by atoms with Crippen LogP contribution in [0.5, 0.6) is 11.5 Å². The molecule has 0 radical (unpaired) electrons. The van der Waals surface area contributed by atoms with Crippen LogP contribution in [-0.2, 0) is 11.4 Å².